The van der Waals surface area contributed by atoms with Crippen molar-refractivity contribution in [2.75, 3.05) is 11.9 Å². The highest BCUT2D eigenvalue weighted by Gasteiger charge is 2.64. The minimum Gasteiger partial charge on any atom is -0.508 e. The molecule has 1 aromatic carbocycles. The van der Waals surface area contributed by atoms with E-state index in [2.05, 4.69) is 5.32 Å². The third-order valence-electron chi connectivity index (χ3n) is 5.39. The molecule has 0 saturated carbocycles. The van der Waals surface area contributed by atoms with Crippen molar-refractivity contribution in [3.05, 3.63) is 35.5 Å². The van der Waals surface area contributed by atoms with Crippen molar-refractivity contribution in [1.82, 2.24) is 9.80 Å². The fraction of sp³-hybridized carbons (Fsp3) is 0.333. The Hall–Kier alpha value is -3.56. The third kappa shape index (κ3) is 2.65. The molecule has 4 rings (SSSR count). The van der Waals surface area contributed by atoms with Gasteiger partial charge in [0.15, 0.2) is 0 Å². The first kappa shape index (κ1) is 17.8. The van der Waals surface area contributed by atoms with Crippen LogP contribution < -0.4 is 5.32 Å². The van der Waals surface area contributed by atoms with Gasteiger partial charge < -0.3 is 25.5 Å². The summed E-state index contributed by atoms with van der Waals surface area (Å²) < 4.78 is 0. The summed E-state index contributed by atoms with van der Waals surface area (Å²) in [6.45, 7) is 0.220. The predicted octanol–water partition coefficient (Wildman–Crippen LogP) is 0.652. The van der Waals surface area contributed by atoms with Gasteiger partial charge in [-0.2, -0.15) is 0 Å². The van der Waals surface area contributed by atoms with Crippen molar-refractivity contribution in [3.63, 3.8) is 0 Å². The zero-order valence-electron chi connectivity index (χ0n) is 14.5. The lowest BCUT2D eigenvalue weighted by atomic mass is 9.78. The van der Waals surface area contributed by atoms with Crippen molar-refractivity contribution >= 4 is 29.6 Å². The molecule has 4 N–H and O–H groups in total. The molecule has 1 aromatic rings. The molecule has 3 atom stereocenters. The van der Waals surface area contributed by atoms with Crippen LogP contribution in [0.1, 0.15) is 12.8 Å². The third-order valence-corrected chi connectivity index (χ3v) is 5.39. The number of β-lactam (4-membered cyclic amide) rings is 1. The largest absolute Gasteiger partial charge is 0.508 e. The molecule has 10 nitrogen and oxygen atoms in total. The zero-order chi connectivity index (χ0) is 20.2. The average Bonchev–Trinajstić information content (AvgIpc) is 2.98. The van der Waals surface area contributed by atoms with Crippen LogP contribution >= 0.6 is 0 Å². The molecule has 3 heterocycles. The van der Waals surface area contributed by atoms with E-state index in [1.54, 1.807) is 0 Å². The Bertz CT molecular complexity index is 924. The molecule has 0 aromatic heterocycles. The molecule has 28 heavy (non-hydrogen) atoms. The highest BCUT2D eigenvalue weighted by Crippen LogP contribution is 2.47. The van der Waals surface area contributed by atoms with Gasteiger partial charge in [0.2, 0.25) is 0 Å². The molecule has 3 aliphatic rings. The number of carboxylic acid groups (broad SMARTS) is 2. The summed E-state index contributed by atoms with van der Waals surface area (Å²) in [4.78, 5) is 50.5. The maximum absolute atomic E-state index is 12.7. The Labute approximate surface area is 158 Å². The van der Waals surface area contributed by atoms with E-state index in [1.165, 1.54) is 29.2 Å². The topological polar surface area (TPSA) is 147 Å². The number of anilines is 1. The summed E-state index contributed by atoms with van der Waals surface area (Å²) in [5.41, 5.74) is 0.358. The second kappa shape index (κ2) is 6.25. The van der Waals surface area contributed by atoms with Gasteiger partial charge in [0.1, 0.15) is 17.5 Å². The monoisotopic (exact) mass is 387 g/mol. The van der Waals surface area contributed by atoms with Gasteiger partial charge in [-0.05, 0) is 36.3 Å². The van der Waals surface area contributed by atoms with Crippen molar-refractivity contribution in [2.45, 2.75) is 24.9 Å². The van der Waals surface area contributed by atoms with Gasteiger partial charge in [0.25, 0.3) is 5.91 Å². The smallest absolute Gasteiger partial charge is 0.352 e. The Morgan fingerprint density at radius 2 is 1.82 bits per heavy atom. The molecule has 3 aliphatic heterocycles. The van der Waals surface area contributed by atoms with Crippen molar-refractivity contribution in [2.24, 2.45) is 5.92 Å². The summed E-state index contributed by atoms with van der Waals surface area (Å²) >= 11 is 0. The number of nitrogens with zero attached hydrogens (tertiary/aromatic N) is 2. The number of hydrogen-bond acceptors (Lipinski definition) is 5. The maximum atomic E-state index is 12.7. The molecule has 146 valence electrons. The number of carbonyl (C=O) groups is 4. The van der Waals surface area contributed by atoms with Crippen LogP contribution in [0.15, 0.2) is 35.5 Å². The number of carboxylic acids is 2. The fourth-order valence-corrected chi connectivity index (χ4v) is 4.33. The maximum Gasteiger partial charge on any atom is 0.352 e. The second-order valence-electron chi connectivity index (χ2n) is 7.07. The van der Waals surface area contributed by atoms with Crippen LogP contribution in [0.25, 0.3) is 0 Å². The molecular formula is C18H17N3O7. The number of amides is 3. The molecular weight excluding hydrogens is 370 g/mol. The van der Waals surface area contributed by atoms with E-state index in [9.17, 15) is 29.4 Å². The second-order valence-corrected chi connectivity index (χ2v) is 7.07. The molecule has 0 radical (unpaired) electrons. The average molecular weight is 387 g/mol. The van der Waals surface area contributed by atoms with Gasteiger partial charge in [0.05, 0.1) is 12.5 Å². The quantitative estimate of drug-likeness (QED) is 0.438. The summed E-state index contributed by atoms with van der Waals surface area (Å²) in [6, 6.07) is 4.13. The first-order valence-electron chi connectivity index (χ1n) is 8.64. The van der Waals surface area contributed by atoms with Crippen LogP contribution in [0.2, 0.25) is 0 Å². The summed E-state index contributed by atoms with van der Waals surface area (Å²) in [5.74, 6) is -3.20. The number of likely N-dealkylation sites (tertiary alicyclic amines) is 1. The van der Waals surface area contributed by atoms with Crippen molar-refractivity contribution in [1.29, 1.82) is 0 Å². The van der Waals surface area contributed by atoms with Crippen molar-refractivity contribution in [3.8, 4) is 5.75 Å². The van der Waals surface area contributed by atoms with Gasteiger partial charge in [-0.15, -0.1) is 0 Å². The van der Waals surface area contributed by atoms with Crippen LogP contribution in [0, 0.1) is 5.92 Å². The number of carbonyl (C=O) groups excluding carboxylic acids is 2. The van der Waals surface area contributed by atoms with E-state index in [1.807, 2.05) is 0 Å². The number of rotatable bonds is 4. The van der Waals surface area contributed by atoms with E-state index in [0.717, 1.165) is 4.90 Å². The van der Waals surface area contributed by atoms with E-state index in [0.29, 0.717) is 5.69 Å². The van der Waals surface area contributed by atoms with E-state index in [4.69, 9.17) is 5.11 Å². The van der Waals surface area contributed by atoms with Gasteiger partial charge in [-0.3, -0.25) is 14.5 Å². The van der Waals surface area contributed by atoms with Gasteiger partial charge in [-0.25, -0.2) is 9.59 Å². The van der Waals surface area contributed by atoms with Gasteiger partial charge in [0, 0.05) is 18.2 Å². The number of hydrogen-bond donors (Lipinski definition) is 4. The van der Waals surface area contributed by atoms with Crippen LogP contribution in [0.3, 0.4) is 0 Å². The number of aromatic hydroxyl groups is 1. The Kier molecular flexibility index (Phi) is 3.98. The summed E-state index contributed by atoms with van der Waals surface area (Å²) in [5, 5.41) is 30.5. The number of nitrogens with one attached hydrogen (secondary N) is 1. The number of aliphatic carboxylic acids is 2. The molecule has 0 bridgehead atoms. The molecule has 0 aliphatic carbocycles. The first-order chi connectivity index (χ1) is 13.3. The highest BCUT2D eigenvalue weighted by atomic mass is 16.4. The lowest BCUT2D eigenvalue weighted by Gasteiger charge is -2.49. The van der Waals surface area contributed by atoms with E-state index in [-0.39, 0.29) is 35.9 Å². The summed E-state index contributed by atoms with van der Waals surface area (Å²) in [6.07, 6.45) is -0.249. The minimum absolute atomic E-state index is 0.0493. The lowest BCUT2D eigenvalue weighted by molar-refractivity contribution is -0.156. The van der Waals surface area contributed by atoms with Crippen LogP contribution in [-0.2, 0) is 14.4 Å². The number of phenols is 1. The Morgan fingerprint density at radius 1 is 1.14 bits per heavy atom. The predicted molar refractivity (Wildman–Crippen MR) is 93.3 cm³/mol. The molecule has 10 heteroatoms. The van der Waals surface area contributed by atoms with Crippen molar-refractivity contribution < 1.29 is 34.5 Å². The zero-order valence-corrected chi connectivity index (χ0v) is 14.5. The van der Waals surface area contributed by atoms with E-state index < -0.39 is 42.4 Å². The van der Waals surface area contributed by atoms with Crippen LogP contribution in [0.4, 0.5) is 10.5 Å². The fourth-order valence-electron chi connectivity index (χ4n) is 4.33. The SMILES string of the molecule is O=C(O)CC1=C(C(=O)O)N2C(=O)[C@@H]3[C@H]2[C@H](C1)CN3C(=O)Nc1ccc(O)cc1. The summed E-state index contributed by atoms with van der Waals surface area (Å²) in [7, 11) is 0. The molecule has 0 spiro atoms. The first-order valence-corrected chi connectivity index (χ1v) is 8.64. The molecule has 3 amide bonds. The Morgan fingerprint density at radius 3 is 2.43 bits per heavy atom. The highest BCUT2D eigenvalue weighted by molar-refractivity contribution is 6.04. The normalized spacial score (nSPS) is 25.3. The number of urea groups is 1. The number of phenolic OH excluding ortho intramolecular Hbond substituents is 1. The minimum atomic E-state index is -1.34. The van der Waals surface area contributed by atoms with Crippen LogP contribution in [0.5, 0.6) is 5.75 Å². The van der Waals surface area contributed by atoms with Crippen LogP contribution in [-0.4, -0.2) is 67.6 Å². The number of benzene rings is 1. The molecule has 2 fully saturated rings. The van der Waals surface area contributed by atoms with Gasteiger partial charge in [-0.1, -0.05) is 0 Å². The molecule has 0 unspecified atom stereocenters. The van der Waals surface area contributed by atoms with Gasteiger partial charge >= 0.3 is 18.0 Å². The lowest BCUT2D eigenvalue weighted by Crippen LogP contribution is -2.69. The Balaban J connectivity index is 1.57. The molecule has 2 saturated heterocycles. The van der Waals surface area contributed by atoms with E-state index >= 15 is 0 Å². The standard InChI is InChI=1S/C18H17N3O7/c22-11-3-1-10(2-4-11)19-18(28)20-7-9-5-8(6-12(23)24)14(17(26)27)21-13(9)15(20)16(21)25/h1-4,9,13,15,22H,5-7H2,(H,19,28)(H,23,24)(H,26,27)/t9-,13-,15+/m1/s1.